The SMILES string of the molecule is CC(C)NCc1ccc(OCCCN2CCCC2)c(Br)c1. The van der Waals surface area contributed by atoms with Crippen molar-refractivity contribution in [2.24, 2.45) is 0 Å². The fourth-order valence-electron chi connectivity index (χ4n) is 2.57. The third-order valence-electron chi connectivity index (χ3n) is 3.79. The molecular formula is C17H27BrN2O. The zero-order valence-corrected chi connectivity index (χ0v) is 14.8. The summed E-state index contributed by atoms with van der Waals surface area (Å²) < 4.78 is 6.93. The molecule has 21 heavy (non-hydrogen) atoms. The zero-order valence-electron chi connectivity index (χ0n) is 13.2. The Balaban J connectivity index is 1.72. The van der Waals surface area contributed by atoms with Crippen LogP contribution in [-0.4, -0.2) is 37.2 Å². The van der Waals surface area contributed by atoms with Crippen LogP contribution in [0.1, 0.15) is 38.7 Å². The number of nitrogens with zero attached hydrogens (tertiary/aromatic N) is 1. The van der Waals surface area contributed by atoms with Gasteiger partial charge in [0, 0.05) is 19.1 Å². The summed E-state index contributed by atoms with van der Waals surface area (Å²) in [5, 5.41) is 3.42. The topological polar surface area (TPSA) is 24.5 Å². The predicted octanol–water partition coefficient (Wildman–Crippen LogP) is 3.81. The maximum Gasteiger partial charge on any atom is 0.133 e. The Hall–Kier alpha value is -0.580. The van der Waals surface area contributed by atoms with E-state index in [2.05, 4.69) is 58.2 Å². The highest BCUT2D eigenvalue weighted by Crippen LogP contribution is 2.26. The van der Waals surface area contributed by atoms with E-state index < -0.39 is 0 Å². The van der Waals surface area contributed by atoms with Gasteiger partial charge in [0.15, 0.2) is 0 Å². The number of hydrogen-bond acceptors (Lipinski definition) is 3. The van der Waals surface area contributed by atoms with Crippen LogP contribution >= 0.6 is 15.9 Å². The van der Waals surface area contributed by atoms with E-state index in [0.29, 0.717) is 6.04 Å². The Kier molecular flexibility index (Phi) is 7.00. The van der Waals surface area contributed by atoms with Gasteiger partial charge in [-0.15, -0.1) is 0 Å². The minimum Gasteiger partial charge on any atom is -0.492 e. The van der Waals surface area contributed by atoms with Gasteiger partial charge in [-0.3, -0.25) is 0 Å². The number of rotatable bonds is 8. The van der Waals surface area contributed by atoms with Crippen molar-refractivity contribution in [3.63, 3.8) is 0 Å². The van der Waals surface area contributed by atoms with Crippen LogP contribution in [0.15, 0.2) is 22.7 Å². The summed E-state index contributed by atoms with van der Waals surface area (Å²) in [5.41, 5.74) is 1.28. The fourth-order valence-corrected chi connectivity index (χ4v) is 3.11. The molecule has 1 N–H and O–H groups in total. The number of likely N-dealkylation sites (tertiary alicyclic amines) is 1. The first-order valence-corrected chi connectivity index (χ1v) is 8.81. The van der Waals surface area contributed by atoms with E-state index in [1.165, 1.54) is 31.5 Å². The first kappa shape index (κ1) is 16.8. The highest BCUT2D eigenvalue weighted by molar-refractivity contribution is 9.10. The molecule has 1 heterocycles. The molecule has 4 heteroatoms. The summed E-state index contributed by atoms with van der Waals surface area (Å²) in [5.74, 6) is 0.949. The molecule has 118 valence electrons. The summed E-state index contributed by atoms with van der Waals surface area (Å²) in [6, 6.07) is 6.85. The van der Waals surface area contributed by atoms with Gasteiger partial charge in [-0.25, -0.2) is 0 Å². The van der Waals surface area contributed by atoms with Crippen LogP contribution in [0.5, 0.6) is 5.75 Å². The van der Waals surface area contributed by atoms with E-state index in [1.807, 2.05) is 0 Å². The van der Waals surface area contributed by atoms with E-state index >= 15 is 0 Å². The molecule has 1 saturated heterocycles. The Morgan fingerprint density at radius 1 is 1.29 bits per heavy atom. The first-order chi connectivity index (χ1) is 10.1. The summed E-state index contributed by atoms with van der Waals surface area (Å²) in [6.45, 7) is 9.69. The molecule has 0 atom stereocenters. The predicted molar refractivity (Wildman–Crippen MR) is 91.9 cm³/mol. The van der Waals surface area contributed by atoms with E-state index in [9.17, 15) is 0 Å². The molecule has 0 amide bonds. The first-order valence-electron chi connectivity index (χ1n) is 8.02. The molecule has 2 rings (SSSR count). The van der Waals surface area contributed by atoms with Crippen molar-refractivity contribution in [1.82, 2.24) is 10.2 Å². The van der Waals surface area contributed by atoms with Crippen molar-refractivity contribution in [3.05, 3.63) is 28.2 Å². The highest BCUT2D eigenvalue weighted by Gasteiger charge is 2.10. The Morgan fingerprint density at radius 3 is 2.71 bits per heavy atom. The van der Waals surface area contributed by atoms with E-state index in [4.69, 9.17) is 4.74 Å². The van der Waals surface area contributed by atoms with Crippen LogP contribution in [-0.2, 0) is 6.54 Å². The lowest BCUT2D eigenvalue weighted by Crippen LogP contribution is -2.22. The molecule has 1 aliphatic rings. The molecule has 0 aliphatic carbocycles. The molecule has 0 radical (unpaired) electrons. The van der Waals surface area contributed by atoms with Crippen LogP contribution in [0.2, 0.25) is 0 Å². The maximum absolute atomic E-state index is 5.88. The quantitative estimate of drug-likeness (QED) is 0.718. The second kappa shape index (κ2) is 8.76. The average Bonchev–Trinajstić information content (AvgIpc) is 2.96. The smallest absolute Gasteiger partial charge is 0.133 e. The molecule has 1 fully saturated rings. The Bertz CT molecular complexity index is 431. The number of nitrogens with one attached hydrogen (secondary N) is 1. The lowest BCUT2D eigenvalue weighted by Gasteiger charge is -2.15. The van der Waals surface area contributed by atoms with Crippen molar-refractivity contribution in [1.29, 1.82) is 0 Å². The number of hydrogen-bond donors (Lipinski definition) is 1. The second-order valence-corrected chi connectivity index (χ2v) is 6.91. The molecule has 3 nitrogen and oxygen atoms in total. The van der Waals surface area contributed by atoms with Gasteiger partial charge in [-0.05, 0) is 66.0 Å². The van der Waals surface area contributed by atoms with Crippen LogP contribution in [0.4, 0.5) is 0 Å². The van der Waals surface area contributed by atoms with Crippen LogP contribution in [0.3, 0.4) is 0 Å². The van der Waals surface area contributed by atoms with Crippen LogP contribution < -0.4 is 10.1 Å². The third kappa shape index (κ3) is 5.97. The molecule has 1 aromatic rings. The van der Waals surface area contributed by atoms with Gasteiger partial charge < -0.3 is 15.0 Å². The van der Waals surface area contributed by atoms with E-state index in [1.54, 1.807) is 0 Å². The molecule has 1 aromatic carbocycles. The summed E-state index contributed by atoms with van der Waals surface area (Å²) in [7, 11) is 0. The van der Waals surface area contributed by atoms with Crippen LogP contribution in [0.25, 0.3) is 0 Å². The standard InChI is InChI=1S/C17H27BrN2O/c1-14(2)19-13-15-6-7-17(16(18)12-15)21-11-5-10-20-8-3-4-9-20/h6-7,12,14,19H,3-5,8-11,13H2,1-2H3. The largest absolute Gasteiger partial charge is 0.492 e. The van der Waals surface area contributed by atoms with Gasteiger partial charge in [0.1, 0.15) is 5.75 Å². The zero-order chi connectivity index (χ0) is 15.1. The fraction of sp³-hybridized carbons (Fsp3) is 0.647. The van der Waals surface area contributed by atoms with E-state index in [0.717, 1.165) is 36.3 Å². The van der Waals surface area contributed by atoms with Gasteiger partial charge in [-0.2, -0.15) is 0 Å². The lowest BCUT2D eigenvalue weighted by atomic mass is 10.2. The van der Waals surface area contributed by atoms with Gasteiger partial charge in [0.2, 0.25) is 0 Å². The van der Waals surface area contributed by atoms with Gasteiger partial charge in [-0.1, -0.05) is 19.9 Å². The van der Waals surface area contributed by atoms with Crippen molar-refractivity contribution in [2.45, 2.75) is 45.7 Å². The summed E-state index contributed by atoms with van der Waals surface area (Å²) in [4.78, 5) is 2.53. The van der Waals surface area contributed by atoms with Gasteiger partial charge >= 0.3 is 0 Å². The average molecular weight is 355 g/mol. The number of halogens is 1. The third-order valence-corrected chi connectivity index (χ3v) is 4.41. The van der Waals surface area contributed by atoms with E-state index in [-0.39, 0.29) is 0 Å². The Morgan fingerprint density at radius 2 is 2.05 bits per heavy atom. The number of benzene rings is 1. The minimum absolute atomic E-state index is 0.505. The summed E-state index contributed by atoms with van der Waals surface area (Å²) >= 11 is 3.61. The van der Waals surface area contributed by atoms with Crippen molar-refractivity contribution in [3.8, 4) is 5.75 Å². The minimum atomic E-state index is 0.505. The molecule has 1 aliphatic heterocycles. The normalized spacial score (nSPS) is 15.8. The molecule has 0 aromatic heterocycles. The Labute approximate surface area is 137 Å². The molecule has 0 spiro atoms. The van der Waals surface area contributed by atoms with Crippen LogP contribution in [0, 0.1) is 0 Å². The molecule has 0 unspecified atom stereocenters. The lowest BCUT2D eigenvalue weighted by molar-refractivity contribution is 0.262. The van der Waals surface area contributed by atoms with Crippen molar-refractivity contribution >= 4 is 15.9 Å². The van der Waals surface area contributed by atoms with Gasteiger partial charge in [0.25, 0.3) is 0 Å². The van der Waals surface area contributed by atoms with Gasteiger partial charge in [0.05, 0.1) is 11.1 Å². The monoisotopic (exact) mass is 354 g/mol. The molecule has 0 saturated carbocycles. The summed E-state index contributed by atoms with van der Waals surface area (Å²) in [6.07, 6.45) is 3.82. The van der Waals surface area contributed by atoms with Crippen molar-refractivity contribution < 1.29 is 4.74 Å². The second-order valence-electron chi connectivity index (χ2n) is 6.05. The molecule has 0 bridgehead atoms. The molecular weight excluding hydrogens is 328 g/mol. The maximum atomic E-state index is 5.88. The highest BCUT2D eigenvalue weighted by atomic mass is 79.9. The van der Waals surface area contributed by atoms with Crippen molar-refractivity contribution in [2.75, 3.05) is 26.2 Å². The number of ether oxygens (including phenoxy) is 1.